The smallest absolute Gasteiger partial charge is 0.331 e. The van der Waals surface area contributed by atoms with Crippen molar-refractivity contribution in [3.8, 4) is 11.3 Å². The number of sulfonamides is 1. The van der Waals surface area contributed by atoms with Crippen molar-refractivity contribution in [2.45, 2.75) is 4.90 Å². The second-order valence-corrected chi connectivity index (χ2v) is 10.1. The maximum atomic E-state index is 12.1. The van der Waals surface area contributed by atoms with Gasteiger partial charge in [0.25, 0.3) is 5.91 Å². The van der Waals surface area contributed by atoms with Crippen molar-refractivity contribution >= 4 is 55.8 Å². The highest BCUT2D eigenvalue weighted by Crippen LogP contribution is 2.24. The van der Waals surface area contributed by atoms with Gasteiger partial charge in [-0.25, -0.2) is 23.3 Å². The lowest BCUT2D eigenvalue weighted by molar-refractivity contribution is -0.142. The molecule has 1 amide bonds. The van der Waals surface area contributed by atoms with Gasteiger partial charge in [-0.1, -0.05) is 48.5 Å². The van der Waals surface area contributed by atoms with E-state index in [9.17, 15) is 18.0 Å². The van der Waals surface area contributed by atoms with E-state index in [4.69, 9.17) is 9.88 Å². The summed E-state index contributed by atoms with van der Waals surface area (Å²) >= 11 is 1.28. The van der Waals surface area contributed by atoms with Crippen LogP contribution in [0.5, 0.6) is 0 Å². The number of nitrogens with one attached hydrogen (secondary N) is 2. The van der Waals surface area contributed by atoms with Gasteiger partial charge in [0.05, 0.1) is 10.6 Å². The minimum Gasteiger partial charge on any atom is -0.452 e. The molecular weight excluding hydrogens is 512 g/mol. The molecule has 0 saturated heterocycles. The van der Waals surface area contributed by atoms with Crippen LogP contribution in [0.3, 0.4) is 0 Å². The normalized spacial score (nSPS) is 11.3. The summed E-state index contributed by atoms with van der Waals surface area (Å²) in [5.74, 6) is -1.15. The fourth-order valence-corrected chi connectivity index (χ4v) is 4.47. The Bertz CT molecular complexity index is 1530. The van der Waals surface area contributed by atoms with Crippen LogP contribution in [0.1, 0.15) is 5.56 Å². The van der Waals surface area contributed by atoms with E-state index in [0.717, 1.165) is 16.8 Å². The predicted octanol–water partition coefficient (Wildman–Crippen LogP) is 4.40. The Hall–Kier alpha value is -4.32. The first-order valence-corrected chi connectivity index (χ1v) is 13.3. The summed E-state index contributed by atoms with van der Waals surface area (Å²) < 4.78 is 28.0. The molecule has 188 valence electrons. The molecule has 1 aromatic heterocycles. The van der Waals surface area contributed by atoms with Gasteiger partial charge in [0.15, 0.2) is 11.7 Å². The Kier molecular flexibility index (Phi) is 8.08. The van der Waals surface area contributed by atoms with Crippen LogP contribution in [0.4, 0.5) is 16.5 Å². The number of carbonyl (C=O) groups is 2. The number of ether oxygens (including phenoxy) is 1. The molecule has 0 aliphatic rings. The molecular formula is C26H22N4O5S2. The van der Waals surface area contributed by atoms with Gasteiger partial charge >= 0.3 is 5.97 Å². The maximum absolute atomic E-state index is 12.1. The standard InChI is InChI=1S/C26H22N4O5S2/c27-37(33,34)22-8-4-7-21(15-22)28-20-12-9-18(10-13-20)11-14-25(32)35-16-24(31)30-26-29-23(17-36-26)19-5-2-1-3-6-19/h1-15,17,28H,16H2,(H2,27,33,34)(H,29,30,31)/b14-11+. The molecule has 0 saturated carbocycles. The zero-order valence-electron chi connectivity index (χ0n) is 19.3. The Balaban J connectivity index is 1.25. The molecule has 0 fully saturated rings. The lowest BCUT2D eigenvalue weighted by Crippen LogP contribution is -2.20. The molecule has 9 nitrogen and oxygen atoms in total. The van der Waals surface area contributed by atoms with E-state index in [1.54, 1.807) is 42.5 Å². The number of esters is 1. The van der Waals surface area contributed by atoms with Gasteiger partial charge in [-0.3, -0.25) is 10.1 Å². The molecule has 0 spiro atoms. The van der Waals surface area contributed by atoms with Crippen molar-refractivity contribution in [2.24, 2.45) is 5.14 Å². The van der Waals surface area contributed by atoms with Crippen molar-refractivity contribution in [2.75, 3.05) is 17.2 Å². The highest BCUT2D eigenvalue weighted by molar-refractivity contribution is 7.89. The number of nitrogens with two attached hydrogens (primary N) is 1. The molecule has 4 rings (SSSR count). The first-order valence-electron chi connectivity index (χ1n) is 10.9. The summed E-state index contributed by atoms with van der Waals surface area (Å²) in [5, 5.41) is 13.1. The van der Waals surface area contributed by atoms with Gasteiger partial charge in [0.2, 0.25) is 10.0 Å². The summed E-state index contributed by atoms with van der Waals surface area (Å²) in [6.07, 6.45) is 2.78. The van der Waals surface area contributed by atoms with Crippen molar-refractivity contribution < 1.29 is 22.7 Å². The molecule has 0 unspecified atom stereocenters. The molecule has 3 aromatic carbocycles. The Morgan fingerprint density at radius 2 is 1.73 bits per heavy atom. The van der Waals surface area contributed by atoms with Gasteiger partial charge < -0.3 is 10.1 Å². The zero-order chi connectivity index (χ0) is 26.3. The summed E-state index contributed by atoms with van der Waals surface area (Å²) in [6.45, 7) is -0.441. The minimum atomic E-state index is -3.80. The van der Waals surface area contributed by atoms with Gasteiger partial charge in [0, 0.05) is 28.4 Å². The molecule has 0 radical (unpaired) electrons. The fraction of sp³-hybridized carbons (Fsp3) is 0.0385. The monoisotopic (exact) mass is 534 g/mol. The topological polar surface area (TPSA) is 140 Å². The number of carbonyl (C=O) groups excluding carboxylic acids is 2. The molecule has 1 heterocycles. The molecule has 0 atom stereocenters. The molecule has 11 heteroatoms. The zero-order valence-corrected chi connectivity index (χ0v) is 21.0. The SMILES string of the molecule is NS(=O)(=O)c1cccc(Nc2ccc(/C=C/C(=O)OCC(=O)Nc3nc(-c4ccccc4)cs3)cc2)c1. The van der Waals surface area contributed by atoms with Crippen LogP contribution >= 0.6 is 11.3 Å². The average molecular weight is 535 g/mol. The average Bonchev–Trinajstić information content (AvgIpc) is 3.36. The Morgan fingerprint density at radius 1 is 0.973 bits per heavy atom. The van der Waals surface area contributed by atoms with Gasteiger partial charge in [-0.05, 0) is 42.0 Å². The second-order valence-electron chi connectivity index (χ2n) is 7.71. The van der Waals surface area contributed by atoms with Crippen molar-refractivity contribution in [1.82, 2.24) is 4.98 Å². The quantitative estimate of drug-likeness (QED) is 0.214. The van der Waals surface area contributed by atoms with E-state index in [1.807, 2.05) is 35.7 Å². The first-order chi connectivity index (χ1) is 17.8. The number of anilines is 3. The number of benzene rings is 3. The molecule has 0 aliphatic heterocycles. The molecule has 4 N–H and O–H groups in total. The van der Waals surface area contributed by atoms with E-state index in [0.29, 0.717) is 16.5 Å². The number of thiazole rings is 1. The van der Waals surface area contributed by atoms with Crippen LogP contribution in [-0.4, -0.2) is 31.9 Å². The Labute approximate surface area is 217 Å². The largest absolute Gasteiger partial charge is 0.452 e. The molecule has 0 bridgehead atoms. The van der Waals surface area contributed by atoms with Crippen LogP contribution in [0.2, 0.25) is 0 Å². The summed E-state index contributed by atoms with van der Waals surface area (Å²) in [7, 11) is -3.80. The van der Waals surface area contributed by atoms with E-state index < -0.39 is 28.5 Å². The van der Waals surface area contributed by atoms with Crippen molar-refractivity contribution in [1.29, 1.82) is 0 Å². The molecule has 37 heavy (non-hydrogen) atoms. The summed E-state index contributed by atoms with van der Waals surface area (Å²) in [4.78, 5) is 28.5. The summed E-state index contributed by atoms with van der Waals surface area (Å²) in [6, 6.07) is 22.8. The number of amides is 1. The van der Waals surface area contributed by atoms with Crippen LogP contribution in [-0.2, 0) is 24.3 Å². The number of primary sulfonamides is 1. The van der Waals surface area contributed by atoms with Gasteiger partial charge in [-0.2, -0.15) is 0 Å². The van der Waals surface area contributed by atoms with Crippen molar-refractivity contribution in [3.05, 3.63) is 95.9 Å². The number of aromatic nitrogens is 1. The fourth-order valence-electron chi connectivity index (χ4n) is 3.17. The van der Waals surface area contributed by atoms with E-state index in [-0.39, 0.29) is 4.90 Å². The van der Waals surface area contributed by atoms with Crippen LogP contribution < -0.4 is 15.8 Å². The maximum Gasteiger partial charge on any atom is 0.331 e. The van der Waals surface area contributed by atoms with E-state index in [1.165, 1.54) is 29.5 Å². The van der Waals surface area contributed by atoms with Crippen LogP contribution in [0.15, 0.2) is 95.2 Å². The van der Waals surface area contributed by atoms with Crippen molar-refractivity contribution in [3.63, 3.8) is 0 Å². The van der Waals surface area contributed by atoms with Gasteiger partial charge in [-0.15, -0.1) is 11.3 Å². The minimum absolute atomic E-state index is 0.00725. The van der Waals surface area contributed by atoms with E-state index in [2.05, 4.69) is 15.6 Å². The number of hydrogen-bond donors (Lipinski definition) is 3. The number of nitrogens with zero attached hydrogens (tertiary/aromatic N) is 1. The van der Waals surface area contributed by atoms with E-state index >= 15 is 0 Å². The third-order valence-corrected chi connectivity index (χ3v) is 6.61. The second kappa shape index (κ2) is 11.6. The lowest BCUT2D eigenvalue weighted by Gasteiger charge is -2.08. The summed E-state index contributed by atoms with van der Waals surface area (Å²) in [5.41, 5.74) is 3.68. The third kappa shape index (κ3) is 7.58. The van der Waals surface area contributed by atoms with Gasteiger partial charge in [0.1, 0.15) is 0 Å². The predicted molar refractivity (Wildman–Crippen MR) is 144 cm³/mol. The Morgan fingerprint density at radius 3 is 2.46 bits per heavy atom. The highest BCUT2D eigenvalue weighted by atomic mass is 32.2. The first kappa shape index (κ1) is 25.8. The number of rotatable bonds is 9. The molecule has 0 aliphatic carbocycles. The highest BCUT2D eigenvalue weighted by Gasteiger charge is 2.10. The lowest BCUT2D eigenvalue weighted by atomic mass is 10.2. The van der Waals surface area contributed by atoms with Crippen LogP contribution in [0.25, 0.3) is 17.3 Å². The third-order valence-electron chi connectivity index (χ3n) is 4.94. The molecule has 4 aromatic rings. The number of hydrogen-bond acceptors (Lipinski definition) is 8. The van der Waals surface area contributed by atoms with Crippen LogP contribution in [0, 0.1) is 0 Å².